The number of nitrogens with one attached hydrogen (secondary N) is 1. The second-order valence-electron chi connectivity index (χ2n) is 3.41. The Morgan fingerprint density at radius 3 is 3.06 bits per heavy atom. The predicted octanol–water partition coefficient (Wildman–Crippen LogP) is -0.637. The van der Waals surface area contributed by atoms with Crippen LogP contribution in [0.25, 0.3) is 0 Å². The SMILES string of the molecule is COC(CN)C(=O)NCCCn1ccnc1. The van der Waals surface area contributed by atoms with E-state index in [4.69, 9.17) is 10.5 Å². The van der Waals surface area contributed by atoms with E-state index in [0.717, 1.165) is 13.0 Å². The Labute approximate surface area is 94.8 Å². The lowest BCUT2D eigenvalue weighted by Crippen LogP contribution is -2.41. The molecule has 0 saturated carbocycles. The van der Waals surface area contributed by atoms with E-state index in [9.17, 15) is 4.79 Å². The molecule has 0 spiro atoms. The van der Waals surface area contributed by atoms with Gasteiger partial charge in [0.25, 0.3) is 0 Å². The van der Waals surface area contributed by atoms with Crippen molar-refractivity contribution in [3.63, 3.8) is 0 Å². The van der Waals surface area contributed by atoms with E-state index in [-0.39, 0.29) is 12.5 Å². The Bertz CT molecular complexity index is 296. The van der Waals surface area contributed by atoms with E-state index in [2.05, 4.69) is 10.3 Å². The smallest absolute Gasteiger partial charge is 0.250 e. The molecular formula is C10H18N4O2. The maximum atomic E-state index is 11.4. The summed E-state index contributed by atoms with van der Waals surface area (Å²) in [7, 11) is 1.47. The molecule has 0 aliphatic heterocycles. The zero-order valence-electron chi connectivity index (χ0n) is 9.43. The summed E-state index contributed by atoms with van der Waals surface area (Å²) in [6, 6.07) is 0. The van der Waals surface area contributed by atoms with Gasteiger partial charge in [-0.15, -0.1) is 0 Å². The van der Waals surface area contributed by atoms with Crippen molar-refractivity contribution in [1.29, 1.82) is 0 Å². The van der Waals surface area contributed by atoms with Gasteiger partial charge in [0.1, 0.15) is 6.10 Å². The highest BCUT2D eigenvalue weighted by molar-refractivity contribution is 5.80. The van der Waals surface area contributed by atoms with Crippen LogP contribution in [0.3, 0.4) is 0 Å². The summed E-state index contributed by atoms with van der Waals surface area (Å²) in [5.74, 6) is -0.157. The summed E-state index contributed by atoms with van der Waals surface area (Å²) >= 11 is 0. The van der Waals surface area contributed by atoms with Crippen molar-refractivity contribution in [2.45, 2.75) is 19.1 Å². The molecule has 0 bridgehead atoms. The standard InChI is InChI=1S/C10H18N4O2/c1-16-9(7-11)10(15)13-3-2-5-14-6-4-12-8-14/h4,6,8-9H,2-3,5,7,11H2,1H3,(H,13,15). The van der Waals surface area contributed by atoms with Crippen LogP contribution in [0.15, 0.2) is 18.7 Å². The minimum Gasteiger partial charge on any atom is -0.370 e. The molecule has 16 heavy (non-hydrogen) atoms. The maximum Gasteiger partial charge on any atom is 0.250 e. The third-order valence-electron chi connectivity index (χ3n) is 2.24. The van der Waals surface area contributed by atoms with Gasteiger partial charge in [0.05, 0.1) is 6.33 Å². The van der Waals surface area contributed by atoms with Crippen molar-refractivity contribution in [3.05, 3.63) is 18.7 Å². The first-order valence-corrected chi connectivity index (χ1v) is 5.24. The highest BCUT2D eigenvalue weighted by Crippen LogP contribution is 1.91. The topological polar surface area (TPSA) is 82.2 Å². The average Bonchev–Trinajstić information content (AvgIpc) is 2.79. The van der Waals surface area contributed by atoms with Crippen molar-refractivity contribution in [1.82, 2.24) is 14.9 Å². The van der Waals surface area contributed by atoms with Gasteiger partial charge >= 0.3 is 0 Å². The lowest BCUT2D eigenvalue weighted by atomic mass is 10.3. The molecule has 1 aromatic heterocycles. The first-order chi connectivity index (χ1) is 7.77. The molecular weight excluding hydrogens is 208 g/mol. The van der Waals surface area contributed by atoms with Crippen molar-refractivity contribution in [3.8, 4) is 0 Å². The number of amides is 1. The lowest BCUT2D eigenvalue weighted by Gasteiger charge is -2.12. The third-order valence-corrected chi connectivity index (χ3v) is 2.24. The number of nitrogens with zero attached hydrogens (tertiary/aromatic N) is 2. The predicted molar refractivity (Wildman–Crippen MR) is 59.7 cm³/mol. The van der Waals surface area contributed by atoms with Gasteiger partial charge < -0.3 is 20.4 Å². The van der Waals surface area contributed by atoms with Crippen LogP contribution < -0.4 is 11.1 Å². The second kappa shape index (κ2) is 6.97. The molecule has 1 aromatic rings. The fourth-order valence-electron chi connectivity index (χ4n) is 1.32. The number of imidazole rings is 1. The van der Waals surface area contributed by atoms with Crippen LogP contribution in [-0.2, 0) is 16.1 Å². The Hall–Kier alpha value is -1.40. The number of aromatic nitrogens is 2. The van der Waals surface area contributed by atoms with Crippen LogP contribution in [-0.4, -0.2) is 41.8 Å². The molecule has 1 rings (SSSR count). The van der Waals surface area contributed by atoms with Crippen molar-refractivity contribution in [2.75, 3.05) is 20.2 Å². The van der Waals surface area contributed by atoms with Gasteiger partial charge in [-0.05, 0) is 6.42 Å². The summed E-state index contributed by atoms with van der Waals surface area (Å²) in [6.45, 7) is 1.64. The normalized spacial score (nSPS) is 12.4. The van der Waals surface area contributed by atoms with Gasteiger partial charge in [0.2, 0.25) is 5.91 Å². The van der Waals surface area contributed by atoms with Gasteiger partial charge in [-0.1, -0.05) is 0 Å². The number of carbonyl (C=O) groups is 1. The largest absolute Gasteiger partial charge is 0.370 e. The minimum absolute atomic E-state index is 0.157. The van der Waals surface area contributed by atoms with E-state index >= 15 is 0 Å². The van der Waals surface area contributed by atoms with E-state index in [1.165, 1.54) is 7.11 Å². The summed E-state index contributed by atoms with van der Waals surface area (Å²) in [6.07, 6.45) is 5.67. The molecule has 90 valence electrons. The summed E-state index contributed by atoms with van der Waals surface area (Å²) in [5, 5.41) is 2.77. The number of hydrogen-bond donors (Lipinski definition) is 2. The van der Waals surface area contributed by atoms with Gasteiger partial charge in [0, 0.05) is 39.1 Å². The van der Waals surface area contributed by atoms with Gasteiger partial charge in [-0.25, -0.2) is 4.98 Å². The monoisotopic (exact) mass is 226 g/mol. The first kappa shape index (κ1) is 12.7. The zero-order chi connectivity index (χ0) is 11.8. The summed E-state index contributed by atoms with van der Waals surface area (Å²) in [5.41, 5.74) is 5.37. The third kappa shape index (κ3) is 4.00. The number of ether oxygens (including phenoxy) is 1. The average molecular weight is 226 g/mol. The molecule has 1 unspecified atom stereocenters. The molecule has 6 heteroatoms. The molecule has 0 saturated heterocycles. The van der Waals surface area contributed by atoms with Gasteiger partial charge in [-0.3, -0.25) is 4.79 Å². The number of methoxy groups -OCH3 is 1. The summed E-state index contributed by atoms with van der Waals surface area (Å²) < 4.78 is 6.87. The molecule has 1 heterocycles. The lowest BCUT2D eigenvalue weighted by molar-refractivity contribution is -0.130. The van der Waals surface area contributed by atoms with Crippen LogP contribution in [0.2, 0.25) is 0 Å². The number of rotatable bonds is 7. The van der Waals surface area contributed by atoms with Crippen LogP contribution in [0.1, 0.15) is 6.42 Å². The van der Waals surface area contributed by atoms with E-state index in [1.807, 2.05) is 10.8 Å². The van der Waals surface area contributed by atoms with Gasteiger partial charge in [0.15, 0.2) is 0 Å². The van der Waals surface area contributed by atoms with Crippen LogP contribution in [0.4, 0.5) is 0 Å². The molecule has 3 N–H and O–H groups in total. The number of nitrogens with two attached hydrogens (primary N) is 1. The van der Waals surface area contributed by atoms with E-state index in [1.54, 1.807) is 12.5 Å². The van der Waals surface area contributed by atoms with Crippen molar-refractivity contribution in [2.24, 2.45) is 5.73 Å². The second-order valence-corrected chi connectivity index (χ2v) is 3.41. The Morgan fingerprint density at radius 1 is 1.69 bits per heavy atom. The molecule has 0 radical (unpaired) electrons. The molecule has 1 amide bonds. The highest BCUT2D eigenvalue weighted by atomic mass is 16.5. The molecule has 6 nitrogen and oxygen atoms in total. The number of aryl methyl sites for hydroxylation is 1. The fraction of sp³-hybridized carbons (Fsp3) is 0.600. The Morgan fingerprint density at radius 2 is 2.50 bits per heavy atom. The van der Waals surface area contributed by atoms with E-state index in [0.29, 0.717) is 6.54 Å². The fourth-order valence-corrected chi connectivity index (χ4v) is 1.32. The highest BCUT2D eigenvalue weighted by Gasteiger charge is 2.14. The Balaban J connectivity index is 2.13. The molecule has 0 fully saturated rings. The van der Waals surface area contributed by atoms with E-state index < -0.39 is 6.10 Å². The molecule has 0 aliphatic rings. The quantitative estimate of drug-likeness (QED) is 0.606. The maximum absolute atomic E-state index is 11.4. The number of hydrogen-bond acceptors (Lipinski definition) is 4. The Kier molecular flexibility index (Phi) is 5.52. The van der Waals surface area contributed by atoms with Crippen molar-refractivity contribution < 1.29 is 9.53 Å². The molecule has 0 aliphatic carbocycles. The zero-order valence-corrected chi connectivity index (χ0v) is 9.43. The number of carbonyl (C=O) groups excluding carboxylic acids is 1. The molecule has 0 aromatic carbocycles. The van der Waals surface area contributed by atoms with Crippen LogP contribution >= 0.6 is 0 Å². The van der Waals surface area contributed by atoms with Crippen molar-refractivity contribution >= 4 is 5.91 Å². The van der Waals surface area contributed by atoms with Gasteiger partial charge in [-0.2, -0.15) is 0 Å². The minimum atomic E-state index is -0.548. The summed E-state index contributed by atoms with van der Waals surface area (Å²) in [4.78, 5) is 15.4. The first-order valence-electron chi connectivity index (χ1n) is 5.24. The molecule has 1 atom stereocenters. The van der Waals surface area contributed by atoms with Crippen LogP contribution in [0, 0.1) is 0 Å². The van der Waals surface area contributed by atoms with Crippen LogP contribution in [0.5, 0.6) is 0 Å².